The Kier molecular flexibility index (Phi) is 4.54. The SMILES string of the molecule is CSc1ccc(C(=O)NNc2nc3c(C)ccc(C)c3s2)cc1. The van der Waals surface area contributed by atoms with Crippen molar-refractivity contribution in [3.05, 3.63) is 53.1 Å². The first-order chi connectivity index (χ1) is 11.1. The number of hydrazine groups is 1. The van der Waals surface area contributed by atoms with Crippen LogP contribution in [0.4, 0.5) is 5.13 Å². The molecule has 0 unspecified atom stereocenters. The van der Waals surface area contributed by atoms with Gasteiger partial charge in [0.25, 0.3) is 5.91 Å². The molecule has 0 fully saturated rings. The number of benzene rings is 2. The van der Waals surface area contributed by atoms with E-state index in [1.165, 1.54) is 5.56 Å². The lowest BCUT2D eigenvalue weighted by molar-refractivity contribution is 0.0962. The number of carbonyl (C=O) groups is 1. The Balaban J connectivity index is 1.73. The molecule has 0 bridgehead atoms. The average molecular weight is 343 g/mol. The van der Waals surface area contributed by atoms with Crippen molar-refractivity contribution in [2.45, 2.75) is 18.7 Å². The Morgan fingerprint density at radius 1 is 1.09 bits per heavy atom. The highest BCUT2D eigenvalue weighted by molar-refractivity contribution is 7.98. The van der Waals surface area contributed by atoms with Crippen LogP contribution in [-0.4, -0.2) is 17.1 Å². The smallest absolute Gasteiger partial charge is 0.269 e. The van der Waals surface area contributed by atoms with Gasteiger partial charge in [0.15, 0.2) is 0 Å². The molecule has 3 aromatic rings. The second-order valence-corrected chi connectivity index (χ2v) is 7.08. The van der Waals surface area contributed by atoms with Crippen LogP contribution in [-0.2, 0) is 0 Å². The molecule has 0 saturated carbocycles. The third-order valence-electron chi connectivity index (χ3n) is 3.58. The lowest BCUT2D eigenvalue weighted by Crippen LogP contribution is -2.29. The molecule has 1 aromatic heterocycles. The minimum Gasteiger partial charge on any atom is -0.273 e. The van der Waals surface area contributed by atoms with Gasteiger partial charge in [0.05, 0.1) is 10.2 Å². The van der Waals surface area contributed by atoms with Gasteiger partial charge in [0.1, 0.15) is 0 Å². The first kappa shape index (κ1) is 15.8. The lowest BCUT2D eigenvalue weighted by Gasteiger charge is -2.05. The number of aryl methyl sites for hydroxylation is 2. The number of rotatable bonds is 4. The highest BCUT2D eigenvalue weighted by atomic mass is 32.2. The van der Waals surface area contributed by atoms with Gasteiger partial charge < -0.3 is 0 Å². The number of amides is 1. The number of aromatic nitrogens is 1. The number of hydrogen-bond donors (Lipinski definition) is 2. The van der Waals surface area contributed by atoms with E-state index in [1.807, 2.05) is 37.4 Å². The Morgan fingerprint density at radius 2 is 1.78 bits per heavy atom. The van der Waals surface area contributed by atoms with Gasteiger partial charge in [-0.1, -0.05) is 23.5 Å². The van der Waals surface area contributed by atoms with E-state index in [1.54, 1.807) is 23.1 Å². The van der Waals surface area contributed by atoms with E-state index in [9.17, 15) is 4.79 Å². The van der Waals surface area contributed by atoms with E-state index in [0.29, 0.717) is 10.7 Å². The van der Waals surface area contributed by atoms with Crippen molar-refractivity contribution in [2.75, 3.05) is 11.7 Å². The van der Waals surface area contributed by atoms with Crippen LogP contribution >= 0.6 is 23.1 Å². The molecule has 1 heterocycles. The topological polar surface area (TPSA) is 54.0 Å². The lowest BCUT2D eigenvalue weighted by atomic mass is 10.1. The molecule has 6 heteroatoms. The van der Waals surface area contributed by atoms with Crippen LogP contribution in [0.5, 0.6) is 0 Å². The minimum atomic E-state index is -0.176. The standard InChI is InChI=1S/C17H17N3OS2/c1-10-4-5-11(2)15-14(10)18-17(23-15)20-19-16(21)12-6-8-13(22-3)9-7-12/h4-9H,1-3H3,(H,18,20)(H,19,21). The number of thioether (sulfide) groups is 1. The summed E-state index contributed by atoms with van der Waals surface area (Å²) in [6, 6.07) is 11.7. The van der Waals surface area contributed by atoms with E-state index in [2.05, 4.69) is 34.9 Å². The second-order valence-electron chi connectivity index (χ2n) is 5.20. The average Bonchev–Trinajstić information content (AvgIpc) is 3.02. The van der Waals surface area contributed by atoms with Crippen LogP contribution in [0.25, 0.3) is 10.2 Å². The number of anilines is 1. The van der Waals surface area contributed by atoms with Crippen molar-refractivity contribution in [1.29, 1.82) is 0 Å². The van der Waals surface area contributed by atoms with Gasteiger partial charge in [0.2, 0.25) is 5.13 Å². The summed E-state index contributed by atoms with van der Waals surface area (Å²) < 4.78 is 1.14. The van der Waals surface area contributed by atoms with Gasteiger partial charge in [-0.05, 0) is 55.5 Å². The van der Waals surface area contributed by atoms with Crippen LogP contribution in [0.1, 0.15) is 21.5 Å². The van der Waals surface area contributed by atoms with Gasteiger partial charge in [-0.3, -0.25) is 15.6 Å². The quantitative estimate of drug-likeness (QED) is 0.545. The van der Waals surface area contributed by atoms with Crippen LogP contribution < -0.4 is 10.9 Å². The molecule has 4 nitrogen and oxygen atoms in total. The molecule has 2 N–H and O–H groups in total. The van der Waals surface area contributed by atoms with E-state index in [4.69, 9.17) is 0 Å². The molecule has 0 saturated heterocycles. The number of carbonyl (C=O) groups excluding carboxylic acids is 1. The fourth-order valence-electron chi connectivity index (χ4n) is 2.24. The molecule has 1 amide bonds. The number of nitrogens with zero attached hydrogens (tertiary/aromatic N) is 1. The van der Waals surface area contributed by atoms with Gasteiger partial charge in [-0.25, -0.2) is 4.98 Å². The highest BCUT2D eigenvalue weighted by Gasteiger charge is 2.10. The molecule has 3 rings (SSSR count). The maximum atomic E-state index is 12.2. The Labute approximate surface area is 143 Å². The molecule has 0 aliphatic heterocycles. The summed E-state index contributed by atoms with van der Waals surface area (Å²) in [6.07, 6.45) is 2.01. The number of nitrogens with one attached hydrogen (secondary N) is 2. The first-order valence-corrected chi connectivity index (χ1v) is 9.20. The molecule has 2 aromatic carbocycles. The first-order valence-electron chi connectivity index (χ1n) is 7.15. The maximum absolute atomic E-state index is 12.2. The van der Waals surface area contributed by atoms with E-state index in [-0.39, 0.29) is 5.91 Å². The van der Waals surface area contributed by atoms with Crippen molar-refractivity contribution in [2.24, 2.45) is 0 Å². The Morgan fingerprint density at radius 3 is 2.43 bits per heavy atom. The van der Waals surface area contributed by atoms with Gasteiger partial charge in [0, 0.05) is 10.5 Å². The normalized spacial score (nSPS) is 10.7. The molecular formula is C17H17N3OS2. The summed E-state index contributed by atoms with van der Waals surface area (Å²) in [5.74, 6) is -0.176. The monoisotopic (exact) mass is 343 g/mol. The summed E-state index contributed by atoms with van der Waals surface area (Å²) in [4.78, 5) is 17.8. The molecule has 23 heavy (non-hydrogen) atoms. The van der Waals surface area contributed by atoms with E-state index in [0.717, 1.165) is 20.7 Å². The predicted molar refractivity (Wildman–Crippen MR) is 98.4 cm³/mol. The minimum absolute atomic E-state index is 0.176. The number of hydrogen-bond acceptors (Lipinski definition) is 5. The number of thiazole rings is 1. The predicted octanol–water partition coefficient (Wildman–Crippen LogP) is 4.39. The summed E-state index contributed by atoms with van der Waals surface area (Å²) in [6.45, 7) is 4.10. The zero-order valence-corrected chi connectivity index (χ0v) is 14.8. The fraction of sp³-hybridized carbons (Fsp3) is 0.176. The molecular weight excluding hydrogens is 326 g/mol. The van der Waals surface area contributed by atoms with Crippen LogP contribution in [0.3, 0.4) is 0 Å². The highest BCUT2D eigenvalue weighted by Crippen LogP contribution is 2.30. The van der Waals surface area contributed by atoms with Crippen LogP contribution in [0, 0.1) is 13.8 Å². The van der Waals surface area contributed by atoms with Crippen molar-refractivity contribution in [3.63, 3.8) is 0 Å². The maximum Gasteiger partial charge on any atom is 0.269 e. The summed E-state index contributed by atoms with van der Waals surface area (Å²) >= 11 is 3.19. The van der Waals surface area contributed by atoms with Crippen molar-refractivity contribution in [1.82, 2.24) is 10.4 Å². The van der Waals surface area contributed by atoms with Crippen LogP contribution in [0.15, 0.2) is 41.3 Å². The van der Waals surface area contributed by atoms with Gasteiger partial charge in [-0.2, -0.15) is 0 Å². The van der Waals surface area contributed by atoms with E-state index < -0.39 is 0 Å². The largest absolute Gasteiger partial charge is 0.273 e. The second kappa shape index (κ2) is 6.60. The molecule has 0 aliphatic rings. The van der Waals surface area contributed by atoms with Crippen molar-refractivity contribution < 1.29 is 4.79 Å². The Bertz CT molecular complexity index is 817. The van der Waals surface area contributed by atoms with Gasteiger partial charge in [-0.15, -0.1) is 11.8 Å². The van der Waals surface area contributed by atoms with E-state index >= 15 is 0 Å². The molecule has 0 spiro atoms. The van der Waals surface area contributed by atoms with Crippen molar-refractivity contribution >= 4 is 44.4 Å². The zero-order valence-electron chi connectivity index (χ0n) is 13.1. The summed E-state index contributed by atoms with van der Waals surface area (Å²) in [5.41, 5.74) is 9.54. The molecule has 0 aliphatic carbocycles. The molecule has 0 radical (unpaired) electrons. The summed E-state index contributed by atoms with van der Waals surface area (Å²) in [7, 11) is 0. The number of fused-ring (bicyclic) bond motifs is 1. The molecule has 0 atom stereocenters. The Hall–Kier alpha value is -2.05. The van der Waals surface area contributed by atoms with Crippen molar-refractivity contribution in [3.8, 4) is 0 Å². The van der Waals surface area contributed by atoms with Gasteiger partial charge >= 0.3 is 0 Å². The third-order valence-corrected chi connectivity index (χ3v) is 5.43. The third kappa shape index (κ3) is 3.33. The zero-order chi connectivity index (χ0) is 16.4. The molecule has 118 valence electrons. The summed E-state index contributed by atoms with van der Waals surface area (Å²) in [5, 5.41) is 0.687. The fourth-order valence-corrected chi connectivity index (χ4v) is 3.61. The van der Waals surface area contributed by atoms with Crippen LogP contribution in [0.2, 0.25) is 0 Å².